The molecule has 7 heteroatoms. The first-order valence-corrected chi connectivity index (χ1v) is 8.63. The van der Waals surface area contributed by atoms with Crippen LogP contribution in [0.5, 0.6) is 0 Å². The third kappa shape index (κ3) is 2.84. The highest BCUT2D eigenvalue weighted by Crippen LogP contribution is 2.17. The Hall–Kier alpha value is -2.28. The molecule has 0 N–H and O–H groups in total. The zero-order valence-corrected chi connectivity index (χ0v) is 14.0. The van der Waals surface area contributed by atoms with E-state index in [1.54, 1.807) is 11.3 Å². The molecule has 118 valence electrons. The number of hydrogen-bond donors (Lipinski definition) is 0. The van der Waals surface area contributed by atoms with E-state index >= 15 is 0 Å². The third-order valence-corrected chi connectivity index (χ3v) is 4.66. The first-order chi connectivity index (χ1) is 11.2. The molecule has 0 saturated heterocycles. The molecule has 0 saturated carbocycles. The molecule has 0 unspecified atom stereocenters. The van der Waals surface area contributed by atoms with Crippen molar-refractivity contribution in [3.63, 3.8) is 0 Å². The van der Waals surface area contributed by atoms with Gasteiger partial charge in [0.1, 0.15) is 10.7 Å². The van der Waals surface area contributed by atoms with Crippen molar-refractivity contribution in [1.29, 1.82) is 0 Å². The molecular weight excluding hydrogens is 308 g/mol. The largest absolute Gasteiger partial charge is 0.307 e. The van der Waals surface area contributed by atoms with Gasteiger partial charge in [-0.15, -0.1) is 10.2 Å². The highest BCUT2D eigenvalue weighted by atomic mass is 32.1. The number of pyridine rings is 1. The molecule has 4 rings (SSSR count). The van der Waals surface area contributed by atoms with E-state index in [1.165, 1.54) is 0 Å². The van der Waals surface area contributed by atoms with Crippen molar-refractivity contribution < 1.29 is 0 Å². The molecule has 6 nitrogen and oxygen atoms in total. The smallest absolute Gasteiger partial charge is 0.234 e. The lowest BCUT2D eigenvalue weighted by Gasteiger charge is -1.99. The molecule has 23 heavy (non-hydrogen) atoms. The quantitative estimate of drug-likeness (QED) is 0.566. The van der Waals surface area contributed by atoms with E-state index in [0.29, 0.717) is 5.92 Å². The summed E-state index contributed by atoms with van der Waals surface area (Å²) in [5, 5.41) is 14.2. The van der Waals surface area contributed by atoms with Crippen LogP contribution in [0.3, 0.4) is 0 Å². The van der Waals surface area contributed by atoms with E-state index in [-0.39, 0.29) is 0 Å². The van der Waals surface area contributed by atoms with E-state index in [0.717, 1.165) is 46.4 Å². The fourth-order valence-electron chi connectivity index (χ4n) is 2.63. The number of nitrogens with zero attached hydrogens (tertiary/aromatic N) is 6. The van der Waals surface area contributed by atoms with E-state index in [9.17, 15) is 0 Å². The van der Waals surface area contributed by atoms with Crippen LogP contribution in [-0.4, -0.2) is 29.2 Å². The van der Waals surface area contributed by atoms with Crippen LogP contribution >= 0.6 is 11.3 Å². The van der Waals surface area contributed by atoms with E-state index in [2.05, 4.69) is 44.7 Å². The fourth-order valence-corrected chi connectivity index (χ4v) is 3.48. The van der Waals surface area contributed by atoms with Gasteiger partial charge < -0.3 is 4.40 Å². The van der Waals surface area contributed by atoms with Crippen LogP contribution in [0, 0.1) is 5.92 Å². The Bertz CT molecular complexity index is 915. The minimum atomic E-state index is 0.547. The molecule has 4 aromatic heterocycles. The molecule has 0 fully saturated rings. The van der Waals surface area contributed by atoms with Gasteiger partial charge in [0.05, 0.1) is 5.69 Å². The summed E-state index contributed by atoms with van der Waals surface area (Å²) in [5.74, 6) is 1.50. The second-order valence-corrected chi connectivity index (χ2v) is 7.14. The monoisotopic (exact) mass is 326 g/mol. The maximum absolute atomic E-state index is 4.67. The third-order valence-electron chi connectivity index (χ3n) is 3.70. The van der Waals surface area contributed by atoms with Crippen LogP contribution < -0.4 is 0 Å². The average Bonchev–Trinajstić information content (AvgIpc) is 3.19. The second-order valence-electron chi connectivity index (χ2n) is 6.10. The molecular formula is C16H18N6S. The number of hydrogen-bond acceptors (Lipinski definition) is 5. The summed E-state index contributed by atoms with van der Waals surface area (Å²) in [6.07, 6.45) is 6.76. The van der Waals surface area contributed by atoms with Gasteiger partial charge in [0.15, 0.2) is 5.82 Å². The van der Waals surface area contributed by atoms with Crippen LogP contribution in [0.15, 0.2) is 30.6 Å². The van der Waals surface area contributed by atoms with Crippen LogP contribution in [0.25, 0.3) is 10.6 Å². The van der Waals surface area contributed by atoms with E-state index in [1.807, 2.05) is 28.9 Å². The predicted molar refractivity (Wildman–Crippen MR) is 89.8 cm³/mol. The Morgan fingerprint density at radius 3 is 2.91 bits per heavy atom. The van der Waals surface area contributed by atoms with Gasteiger partial charge in [0, 0.05) is 25.2 Å². The highest BCUT2D eigenvalue weighted by molar-refractivity contribution is 7.16. The summed E-state index contributed by atoms with van der Waals surface area (Å²) in [6.45, 7) is 4.36. The van der Waals surface area contributed by atoms with Gasteiger partial charge >= 0.3 is 0 Å². The maximum Gasteiger partial charge on any atom is 0.234 e. The number of aryl methyl sites for hydroxylation is 2. The Morgan fingerprint density at radius 2 is 2.09 bits per heavy atom. The SMILES string of the molecule is CC(C)Cc1nnc2sc(CCc3cn4ccccc4n3)nn12. The summed E-state index contributed by atoms with van der Waals surface area (Å²) in [5.41, 5.74) is 2.07. The minimum absolute atomic E-state index is 0.547. The van der Waals surface area contributed by atoms with Crippen molar-refractivity contribution in [3.8, 4) is 0 Å². The van der Waals surface area contributed by atoms with Crippen molar-refractivity contribution in [2.45, 2.75) is 33.1 Å². The van der Waals surface area contributed by atoms with Crippen molar-refractivity contribution >= 4 is 21.9 Å². The minimum Gasteiger partial charge on any atom is -0.307 e. The fraction of sp³-hybridized carbons (Fsp3) is 0.375. The van der Waals surface area contributed by atoms with Crippen molar-refractivity contribution in [3.05, 3.63) is 47.1 Å². The number of fused-ring (bicyclic) bond motifs is 2. The van der Waals surface area contributed by atoms with Crippen LogP contribution in [-0.2, 0) is 19.3 Å². The molecule has 0 amide bonds. The lowest BCUT2D eigenvalue weighted by Crippen LogP contribution is -2.02. The molecule has 0 radical (unpaired) electrons. The summed E-state index contributed by atoms with van der Waals surface area (Å²) in [7, 11) is 0. The highest BCUT2D eigenvalue weighted by Gasteiger charge is 2.13. The lowest BCUT2D eigenvalue weighted by atomic mass is 10.1. The Balaban J connectivity index is 1.52. The number of imidazole rings is 1. The summed E-state index contributed by atoms with van der Waals surface area (Å²) in [6, 6.07) is 6.04. The van der Waals surface area contributed by atoms with Gasteiger partial charge in [0.25, 0.3) is 0 Å². The first kappa shape index (κ1) is 14.3. The molecule has 0 aromatic carbocycles. The van der Waals surface area contributed by atoms with E-state index in [4.69, 9.17) is 0 Å². The molecule has 0 atom stereocenters. The Kier molecular flexibility index (Phi) is 3.57. The number of aromatic nitrogens is 6. The predicted octanol–water partition coefficient (Wildman–Crippen LogP) is 2.82. The summed E-state index contributed by atoms with van der Waals surface area (Å²) in [4.78, 5) is 5.51. The maximum atomic E-state index is 4.67. The lowest BCUT2D eigenvalue weighted by molar-refractivity contribution is 0.605. The number of rotatable bonds is 5. The van der Waals surface area contributed by atoms with Gasteiger partial charge in [0.2, 0.25) is 4.96 Å². The normalized spacial score (nSPS) is 12.0. The molecule has 0 aliphatic carbocycles. The average molecular weight is 326 g/mol. The molecule has 0 aliphatic heterocycles. The van der Waals surface area contributed by atoms with Gasteiger partial charge in [-0.2, -0.15) is 9.61 Å². The van der Waals surface area contributed by atoms with Crippen LogP contribution in [0.1, 0.15) is 30.4 Å². The molecule has 4 heterocycles. The summed E-state index contributed by atoms with van der Waals surface area (Å²) >= 11 is 1.61. The van der Waals surface area contributed by atoms with Gasteiger partial charge in [-0.1, -0.05) is 31.3 Å². The zero-order valence-electron chi connectivity index (χ0n) is 13.2. The van der Waals surface area contributed by atoms with Gasteiger partial charge in [-0.05, 0) is 24.5 Å². The van der Waals surface area contributed by atoms with Crippen LogP contribution in [0.2, 0.25) is 0 Å². The Morgan fingerprint density at radius 1 is 1.17 bits per heavy atom. The zero-order chi connectivity index (χ0) is 15.8. The van der Waals surface area contributed by atoms with Crippen LogP contribution in [0.4, 0.5) is 0 Å². The van der Waals surface area contributed by atoms with Gasteiger partial charge in [-0.25, -0.2) is 4.98 Å². The van der Waals surface area contributed by atoms with Gasteiger partial charge in [-0.3, -0.25) is 0 Å². The molecule has 4 aromatic rings. The first-order valence-electron chi connectivity index (χ1n) is 7.81. The molecule has 0 bridgehead atoms. The Labute approximate surface area is 137 Å². The second kappa shape index (κ2) is 5.73. The standard InChI is InChI=1S/C16H18N6S/c1-11(2)9-14-18-19-16-22(14)20-15(23-16)7-6-12-10-21-8-4-3-5-13(21)17-12/h3-5,8,10-11H,6-7,9H2,1-2H3. The molecule has 0 aliphatic rings. The van der Waals surface area contributed by atoms with Crippen molar-refractivity contribution in [2.75, 3.05) is 0 Å². The molecule has 0 spiro atoms. The van der Waals surface area contributed by atoms with E-state index < -0.39 is 0 Å². The van der Waals surface area contributed by atoms with Crippen molar-refractivity contribution in [2.24, 2.45) is 5.92 Å². The topological polar surface area (TPSA) is 60.4 Å². The summed E-state index contributed by atoms with van der Waals surface area (Å²) < 4.78 is 3.94. The van der Waals surface area contributed by atoms with Crippen molar-refractivity contribution in [1.82, 2.24) is 29.2 Å².